The van der Waals surface area contributed by atoms with Gasteiger partial charge in [0, 0.05) is 25.9 Å². The molecule has 0 aliphatic heterocycles. The first-order valence-corrected chi connectivity index (χ1v) is 6.96. The number of hydrogen-bond acceptors (Lipinski definition) is 3. The Morgan fingerprint density at radius 1 is 1.47 bits per heavy atom. The van der Waals surface area contributed by atoms with Gasteiger partial charge in [0.25, 0.3) is 0 Å². The van der Waals surface area contributed by atoms with Gasteiger partial charge in [-0.15, -0.1) is 0 Å². The predicted molar refractivity (Wildman–Crippen MR) is 76.3 cm³/mol. The number of H-pyrrole nitrogens is 1. The Balaban J connectivity index is 2.36. The molecule has 0 bridgehead atoms. The molecule has 1 atom stereocenters. The molecule has 1 amide bonds. The molecule has 5 heteroatoms. The minimum Gasteiger partial charge on any atom is -0.347 e. The van der Waals surface area contributed by atoms with Crippen molar-refractivity contribution >= 4 is 5.91 Å². The molecule has 0 aliphatic carbocycles. The first-order valence-electron chi connectivity index (χ1n) is 6.96. The zero-order valence-electron chi connectivity index (χ0n) is 12.2. The van der Waals surface area contributed by atoms with Crippen molar-refractivity contribution in [1.82, 2.24) is 14.9 Å². The molecular formula is C14H26N4O. The van der Waals surface area contributed by atoms with E-state index in [1.807, 2.05) is 7.05 Å². The van der Waals surface area contributed by atoms with E-state index in [1.54, 1.807) is 17.3 Å². The van der Waals surface area contributed by atoms with Crippen LogP contribution in [0, 0.1) is 11.8 Å². The average molecular weight is 266 g/mol. The lowest BCUT2D eigenvalue weighted by atomic mass is 9.88. The van der Waals surface area contributed by atoms with Crippen LogP contribution >= 0.6 is 0 Å². The van der Waals surface area contributed by atoms with Gasteiger partial charge in [-0.25, -0.2) is 4.98 Å². The van der Waals surface area contributed by atoms with E-state index < -0.39 is 0 Å². The van der Waals surface area contributed by atoms with Gasteiger partial charge in [-0.2, -0.15) is 0 Å². The molecular weight excluding hydrogens is 240 g/mol. The summed E-state index contributed by atoms with van der Waals surface area (Å²) in [6.07, 6.45) is 5.95. The number of rotatable bonds is 8. The lowest BCUT2D eigenvalue weighted by Crippen LogP contribution is -2.27. The number of carbonyl (C=O) groups is 1. The number of nitrogens with two attached hydrogens (primary N) is 1. The maximum absolute atomic E-state index is 12.1. The first-order chi connectivity index (χ1) is 9.04. The molecule has 1 rings (SSSR count). The molecule has 108 valence electrons. The Bertz CT molecular complexity index is 362. The molecule has 1 aromatic rings. The molecule has 0 spiro atoms. The number of amides is 1. The normalized spacial score (nSPS) is 12.7. The second kappa shape index (κ2) is 7.94. The van der Waals surface area contributed by atoms with E-state index in [1.165, 1.54) is 0 Å². The minimum atomic E-state index is 0.166. The molecule has 0 saturated heterocycles. The number of aromatic nitrogens is 2. The maximum Gasteiger partial charge on any atom is 0.222 e. The van der Waals surface area contributed by atoms with Crippen molar-refractivity contribution in [1.29, 1.82) is 0 Å². The number of aromatic amines is 1. The number of nitrogens with zero attached hydrogens (tertiary/aromatic N) is 2. The van der Waals surface area contributed by atoms with Crippen LogP contribution < -0.4 is 5.73 Å². The van der Waals surface area contributed by atoms with Gasteiger partial charge in [0.05, 0.1) is 6.54 Å². The number of imidazole rings is 1. The lowest BCUT2D eigenvalue weighted by Gasteiger charge is -2.21. The van der Waals surface area contributed by atoms with E-state index >= 15 is 0 Å². The van der Waals surface area contributed by atoms with Gasteiger partial charge in [0.1, 0.15) is 5.82 Å². The molecule has 5 nitrogen and oxygen atoms in total. The summed E-state index contributed by atoms with van der Waals surface area (Å²) >= 11 is 0. The molecule has 0 aliphatic rings. The van der Waals surface area contributed by atoms with E-state index in [9.17, 15) is 4.79 Å². The Labute approximate surface area is 115 Å². The van der Waals surface area contributed by atoms with Crippen LogP contribution in [-0.4, -0.2) is 34.4 Å². The largest absolute Gasteiger partial charge is 0.347 e. The van der Waals surface area contributed by atoms with Crippen LogP contribution in [0.2, 0.25) is 0 Å². The Hall–Kier alpha value is -1.36. The highest BCUT2D eigenvalue weighted by Crippen LogP contribution is 2.20. The summed E-state index contributed by atoms with van der Waals surface area (Å²) in [7, 11) is 1.82. The van der Waals surface area contributed by atoms with Crippen LogP contribution in [0.25, 0.3) is 0 Å². The highest BCUT2D eigenvalue weighted by Gasteiger charge is 2.16. The summed E-state index contributed by atoms with van der Waals surface area (Å²) in [4.78, 5) is 20.9. The highest BCUT2D eigenvalue weighted by atomic mass is 16.2. The van der Waals surface area contributed by atoms with Gasteiger partial charge in [-0.05, 0) is 31.2 Å². The predicted octanol–water partition coefficient (Wildman–Crippen LogP) is 1.77. The number of carbonyl (C=O) groups excluding carboxylic acids is 1. The number of nitrogens with one attached hydrogen (secondary N) is 1. The van der Waals surface area contributed by atoms with Crippen LogP contribution in [0.5, 0.6) is 0 Å². The van der Waals surface area contributed by atoms with Crippen LogP contribution in [0.4, 0.5) is 0 Å². The zero-order chi connectivity index (χ0) is 14.3. The van der Waals surface area contributed by atoms with Crippen LogP contribution in [0.15, 0.2) is 12.4 Å². The Morgan fingerprint density at radius 2 is 2.21 bits per heavy atom. The molecule has 0 fully saturated rings. The third kappa shape index (κ3) is 5.42. The minimum absolute atomic E-state index is 0.166. The van der Waals surface area contributed by atoms with Crippen molar-refractivity contribution in [2.24, 2.45) is 17.6 Å². The Kier molecular flexibility index (Phi) is 6.56. The Morgan fingerprint density at radius 3 is 2.74 bits per heavy atom. The van der Waals surface area contributed by atoms with Crippen molar-refractivity contribution in [3.05, 3.63) is 18.2 Å². The van der Waals surface area contributed by atoms with E-state index in [4.69, 9.17) is 5.73 Å². The van der Waals surface area contributed by atoms with Crippen molar-refractivity contribution in [3.8, 4) is 0 Å². The highest BCUT2D eigenvalue weighted by molar-refractivity contribution is 5.75. The van der Waals surface area contributed by atoms with Crippen molar-refractivity contribution in [2.45, 2.75) is 39.7 Å². The van der Waals surface area contributed by atoms with Gasteiger partial charge in [-0.1, -0.05) is 13.8 Å². The quantitative estimate of drug-likeness (QED) is 0.753. The van der Waals surface area contributed by atoms with E-state index in [2.05, 4.69) is 23.8 Å². The fraction of sp³-hybridized carbons (Fsp3) is 0.714. The second-order valence-electron chi connectivity index (χ2n) is 5.41. The third-order valence-corrected chi connectivity index (χ3v) is 3.58. The number of hydrogen-bond donors (Lipinski definition) is 2. The van der Waals surface area contributed by atoms with Crippen molar-refractivity contribution in [3.63, 3.8) is 0 Å². The average Bonchev–Trinajstić information content (AvgIpc) is 2.86. The molecule has 1 heterocycles. The van der Waals surface area contributed by atoms with Crippen molar-refractivity contribution < 1.29 is 4.79 Å². The van der Waals surface area contributed by atoms with Gasteiger partial charge < -0.3 is 15.6 Å². The monoisotopic (exact) mass is 266 g/mol. The summed E-state index contributed by atoms with van der Waals surface area (Å²) in [6, 6.07) is 0. The molecule has 19 heavy (non-hydrogen) atoms. The second-order valence-corrected chi connectivity index (χ2v) is 5.41. The maximum atomic E-state index is 12.1. The van der Waals surface area contributed by atoms with Gasteiger partial charge >= 0.3 is 0 Å². The van der Waals surface area contributed by atoms with Gasteiger partial charge in [0.2, 0.25) is 5.91 Å². The van der Waals surface area contributed by atoms with Crippen LogP contribution in [0.3, 0.4) is 0 Å². The topological polar surface area (TPSA) is 75.0 Å². The van der Waals surface area contributed by atoms with Gasteiger partial charge in [-0.3, -0.25) is 4.79 Å². The van der Waals surface area contributed by atoms with E-state index in [-0.39, 0.29) is 5.91 Å². The fourth-order valence-electron chi connectivity index (χ4n) is 2.22. The molecule has 1 aromatic heterocycles. The third-order valence-electron chi connectivity index (χ3n) is 3.58. The van der Waals surface area contributed by atoms with Crippen LogP contribution in [0.1, 0.15) is 38.9 Å². The first kappa shape index (κ1) is 15.7. The molecule has 1 unspecified atom stereocenters. The fourth-order valence-corrected chi connectivity index (χ4v) is 2.22. The van der Waals surface area contributed by atoms with Crippen LogP contribution in [-0.2, 0) is 11.3 Å². The lowest BCUT2D eigenvalue weighted by molar-refractivity contribution is -0.130. The standard InChI is InChI=1S/C14H26N4O/c1-11(2)12(6-7-15)4-5-14(19)18(3)10-13-16-8-9-17-13/h8-9,11-12H,4-7,10,15H2,1-3H3,(H,16,17). The smallest absolute Gasteiger partial charge is 0.222 e. The SMILES string of the molecule is CC(C)C(CCN)CCC(=O)N(C)Cc1ncc[nH]1. The molecule has 0 saturated carbocycles. The van der Waals surface area contributed by atoms with E-state index in [0.29, 0.717) is 31.3 Å². The van der Waals surface area contributed by atoms with Crippen molar-refractivity contribution in [2.75, 3.05) is 13.6 Å². The zero-order valence-corrected chi connectivity index (χ0v) is 12.2. The summed E-state index contributed by atoms with van der Waals surface area (Å²) in [6.45, 7) is 5.61. The molecule has 0 radical (unpaired) electrons. The molecule has 3 N–H and O–H groups in total. The van der Waals surface area contributed by atoms with Gasteiger partial charge in [0.15, 0.2) is 0 Å². The molecule has 0 aromatic carbocycles. The van der Waals surface area contributed by atoms with E-state index in [0.717, 1.165) is 18.7 Å². The summed E-state index contributed by atoms with van der Waals surface area (Å²) in [5.74, 6) is 2.09. The summed E-state index contributed by atoms with van der Waals surface area (Å²) in [5, 5.41) is 0. The summed E-state index contributed by atoms with van der Waals surface area (Å²) < 4.78 is 0. The summed E-state index contributed by atoms with van der Waals surface area (Å²) in [5.41, 5.74) is 5.62.